The van der Waals surface area contributed by atoms with E-state index in [4.69, 9.17) is 0 Å². The van der Waals surface area contributed by atoms with E-state index in [-0.39, 0.29) is 11.9 Å². The lowest BCUT2D eigenvalue weighted by Gasteiger charge is -2.35. The largest absolute Gasteiger partial charge is 0.330 e. The molecule has 0 radical (unpaired) electrons. The predicted octanol–water partition coefficient (Wildman–Crippen LogP) is 4.55. The normalized spacial score (nSPS) is 16.2. The molecule has 1 unspecified atom stereocenters. The number of rotatable bonds is 2. The maximum absolute atomic E-state index is 13.3. The predicted molar refractivity (Wildman–Crippen MR) is 115 cm³/mol. The Labute approximate surface area is 176 Å². The molecule has 0 saturated heterocycles. The first-order valence-electron chi connectivity index (χ1n) is 9.61. The van der Waals surface area contributed by atoms with Crippen LogP contribution < -0.4 is 0 Å². The maximum Gasteiger partial charge on any atom is 0.274 e. The van der Waals surface area contributed by atoms with Crippen LogP contribution in [0.4, 0.5) is 0 Å². The van der Waals surface area contributed by atoms with Gasteiger partial charge in [0.25, 0.3) is 5.91 Å². The zero-order chi connectivity index (χ0) is 20.1. The number of nitrogens with one attached hydrogen (secondary N) is 1. The topological polar surface area (TPSA) is 66.3 Å². The van der Waals surface area contributed by atoms with Crippen LogP contribution in [0.25, 0.3) is 16.6 Å². The Balaban J connectivity index is 1.50. The third-order valence-corrected chi connectivity index (χ3v) is 6.23. The molecule has 1 aliphatic heterocycles. The summed E-state index contributed by atoms with van der Waals surface area (Å²) in [6.45, 7) is 4.79. The fraction of sp³-hybridized carbons (Fsp3) is 0.227. The van der Waals surface area contributed by atoms with Gasteiger partial charge in [-0.3, -0.25) is 9.89 Å². The van der Waals surface area contributed by atoms with Gasteiger partial charge in [-0.05, 0) is 71.1 Å². The lowest BCUT2D eigenvalue weighted by atomic mass is 9.87. The average Bonchev–Trinajstić information content (AvgIpc) is 3.33. The summed E-state index contributed by atoms with van der Waals surface area (Å²) in [5.74, 6) is -0.0344. The average molecular weight is 450 g/mol. The first-order chi connectivity index (χ1) is 14.0. The van der Waals surface area contributed by atoms with Crippen LogP contribution >= 0.6 is 15.9 Å². The highest BCUT2D eigenvalue weighted by Crippen LogP contribution is 2.37. The van der Waals surface area contributed by atoms with E-state index in [1.165, 1.54) is 16.7 Å². The second-order valence-electron chi connectivity index (χ2n) is 7.45. The number of pyridine rings is 1. The smallest absolute Gasteiger partial charge is 0.274 e. The molecule has 1 aliphatic rings. The van der Waals surface area contributed by atoms with Gasteiger partial charge in [-0.2, -0.15) is 10.2 Å². The van der Waals surface area contributed by atoms with Gasteiger partial charge in [0, 0.05) is 28.5 Å². The lowest BCUT2D eigenvalue weighted by molar-refractivity contribution is 0.0671. The number of carbonyl (C=O) groups is 1. The summed E-state index contributed by atoms with van der Waals surface area (Å²) in [6, 6.07) is 12.1. The third kappa shape index (κ3) is 2.97. The van der Waals surface area contributed by atoms with Crippen LogP contribution in [-0.2, 0) is 6.42 Å². The monoisotopic (exact) mass is 449 g/mol. The van der Waals surface area contributed by atoms with Crippen LogP contribution in [0.3, 0.4) is 0 Å². The van der Waals surface area contributed by atoms with E-state index in [0.29, 0.717) is 12.2 Å². The van der Waals surface area contributed by atoms with Gasteiger partial charge >= 0.3 is 0 Å². The summed E-state index contributed by atoms with van der Waals surface area (Å²) in [5.41, 5.74) is 7.24. The van der Waals surface area contributed by atoms with Gasteiger partial charge in [-0.25, -0.2) is 4.52 Å². The zero-order valence-corrected chi connectivity index (χ0v) is 17.8. The molecule has 1 N–H and O–H groups in total. The van der Waals surface area contributed by atoms with E-state index in [0.717, 1.165) is 27.7 Å². The van der Waals surface area contributed by atoms with Gasteiger partial charge in [0.2, 0.25) is 0 Å². The minimum atomic E-state index is -0.0344. The van der Waals surface area contributed by atoms with Crippen molar-refractivity contribution in [3.8, 4) is 11.1 Å². The fourth-order valence-corrected chi connectivity index (χ4v) is 4.56. The summed E-state index contributed by atoms with van der Waals surface area (Å²) in [4.78, 5) is 15.2. The van der Waals surface area contributed by atoms with Gasteiger partial charge in [-0.1, -0.05) is 18.2 Å². The van der Waals surface area contributed by atoms with Gasteiger partial charge in [-0.15, -0.1) is 0 Å². The van der Waals surface area contributed by atoms with Gasteiger partial charge in [0.05, 0.1) is 17.8 Å². The highest BCUT2D eigenvalue weighted by Gasteiger charge is 2.31. The molecule has 6 nitrogen and oxygen atoms in total. The first kappa shape index (κ1) is 18.1. The number of aromatic amines is 1. The van der Waals surface area contributed by atoms with Crippen molar-refractivity contribution < 1.29 is 4.79 Å². The number of halogens is 1. The number of amides is 1. The molecule has 1 atom stereocenters. The van der Waals surface area contributed by atoms with E-state index in [2.05, 4.69) is 56.3 Å². The number of H-pyrrole nitrogens is 1. The van der Waals surface area contributed by atoms with E-state index >= 15 is 0 Å². The van der Waals surface area contributed by atoms with Crippen LogP contribution in [0.15, 0.2) is 53.3 Å². The van der Waals surface area contributed by atoms with Crippen molar-refractivity contribution in [1.29, 1.82) is 0 Å². The summed E-state index contributed by atoms with van der Waals surface area (Å²) in [5, 5.41) is 11.7. The molecule has 0 bridgehead atoms. The second-order valence-corrected chi connectivity index (χ2v) is 8.37. The second kappa shape index (κ2) is 6.84. The van der Waals surface area contributed by atoms with Crippen LogP contribution in [0.1, 0.15) is 40.3 Å². The Hall–Kier alpha value is -2.93. The molecular formula is C22H20BrN5O. The molecule has 4 aromatic rings. The summed E-state index contributed by atoms with van der Waals surface area (Å²) in [7, 11) is 0. The Morgan fingerprint density at radius 2 is 2.10 bits per heavy atom. The molecule has 5 rings (SSSR count). The van der Waals surface area contributed by atoms with Crippen molar-refractivity contribution in [3.05, 3.63) is 75.8 Å². The van der Waals surface area contributed by atoms with Crippen LogP contribution in [0, 0.1) is 6.92 Å². The molecule has 3 aromatic heterocycles. The van der Waals surface area contributed by atoms with Crippen LogP contribution in [0.5, 0.6) is 0 Å². The molecule has 0 aliphatic carbocycles. The van der Waals surface area contributed by atoms with Crippen molar-refractivity contribution in [2.45, 2.75) is 26.3 Å². The summed E-state index contributed by atoms with van der Waals surface area (Å²) in [6.07, 6.45) is 4.55. The summed E-state index contributed by atoms with van der Waals surface area (Å²) >= 11 is 3.45. The van der Waals surface area contributed by atoms with Gasteiger partial charge < -0.3 is 4.90 Å². The number of fused-ring (bicyclic) bond motifs is 2. The molecule has 0 spiro atoms. The molecule has 0 saturated carbocycles. The van der Waals surface area contributed by atoms with E-state index in [1.54, 1.807) is 4.52 Å². The quantitative estimate of drug-likeness (QED) is 0.487. The number of hydrogen-bond acceptors (Lipinski definition) is 3. The molecule has 29 heavy (non-hydrogen) atoms. The van der Waals surface area contributed by atoms with Crippen molar-refractivity contribution in [2.24, 2.45) is 0 Å². The number of aryl methyl sites for hydroxylation is 1. The zero-order valence-electron chi connectivity index (χ0n) is 16.2. The van der Waals surface area contributed by atoms with Crippen molar-refractivity contribution >= 4 is 27.4 Å². The van der Waals surface area contributed by atoms with Crippen LogP contribution in [0.2, 0.25) is 0 Å². The molecule has 4 heterocycles. The third-order valence-electron chi connectivity index (χ3n) is 5.76. The Morgan fingerprint density at radius 3 is 2.90 bits per heavy atom. The SMILES string of the molecule is Cc1[nH]ncc1-c1cccc2c1CCN(C(=O)c1cc3ccc(Br)cn3n1)C2C. The van der Waals surface area contributed by atoms with Gasteiger partial charge in [0.15, 0.2) is 5.69 Å². The molecular weight excluding hydrogens is 430 g/mol. The number of aromatic nitrogens is 4. The standard InChI is InChI=1S/C22H20BrN5O/c1-13-20(11-24-25-13)18-5-3-4-17-14(2)27(9-8-19(17)18)22(29)21-10-16-7-6-15(23)12-28(16)26-21/h3-7,10-12,14H,8-9H2,1-2H3,(H,24,25). The van der Waals surface area contributed by atoms with E-state index in [1.807, 2.05) is 42.4 Å². The summed E-state index contributed by atoms with van der Waals surface area (Å²) < 4.78 is 2.66. The molecule has 1 aromatic carbocycles. The van der Waals surface area contributed by atoms with Crippen molar-refractivity contribution in [1.82, 2.24) is 24.7 Å². The molecule has 146 valence electrons. The molecule has 1 amide bonds. The lowest BCUT2D eigenvalue weighted by Crippen LogP contribution is -2.39. The number of hydrogen-bond donors (Lipinski definition) is 1. The fourth-order valence-electron chi connectivity index (χ4n) is 4.23. The van der Waals surface area contributed by atoms with E-state index in [9.17, 15) is 4.79 Å². The highest BCUT2D eigenvalue weighted by molar-refractivity contribution is 9.10. The Bertz CT molecular complexity index is 1240. The molecule has 0 fully saturated rings. The van der Waals surface area contributed by atoms with Crippen LogP contribution in [-0.4, -0.2) is 37.2 Å². The molecule has 7 heteroatoms. The van der Waals surface area contributed by atoms with E-state index < -0.39 is 0 Å². The number of nitrogens with zero attached hydrogens (tertiary/aromatic N) is 4. The minimum absolute atomic E-state index is 0.0186. The number of benzene rings is 1. The minimum Gasteiger partial charge on any atom is -0.330 e. The first-order valence-corrected chi connectivity index (χ1v) is 10.4. The Kier molecular flexibility index (Phi) is 4.28. The highest BCUT2D eigenvalue weighted by atomic mass is 79.9. The van der Waals surface area contributed by atoms with Crippen molar-refractivity contribution in [3.63, 3.8) is 0 Å². The van der Waals surface area contributed by atoms with Gasteiger partial charge in [0.1, 0.15) is 0 Å². The Morgan fingerprint density at radius 1 is 1.24 bits per heavy atom. The van der Waals surface area contributed by atoms with Crippen molar-refractivity contribution in [2.75, 3.05) is 6.54 Å². The number of carbonyl (C=O) groups excluding carboxylic acids is 1. The maximum atomic E-state index is 13.3.